The monoisotopic (exact) mass is 467 g/mol. The van der Waals surface area contributed by atoms with Crippen LogP contribution in [0.5, 0.6) is 0 Å². The molecule has 4 N–H and O–H groups in total. The van der Waals surface area contributed by atoms with Crippen molar-refractivity contribution in [2.24, 2.45) is 10.9 Å². The quantitative estimate of drug-likeness (QED) is 0.217. The molecule has 0 spiro atoms. The van der Waals surface area contributed by atoms with E-state index in [2.05, 4.69) is 36.4 Å². The van der Waals surface area contributed by atoms with E-state index in [-0.39, 0.29) is 17.8 Å². The van der Waals surface area contributed by atoms with Gasteiger partial charge in [0.15, 0.2) is 5.84 Å². The highest BCUT2D eigenvalue weighted by atomic mass is 79.9. The first kappa shape index (κ1) is 20.2. The lowest BCUT2D eigenvalue weighted by Crippen LogP contribution is -2.12. The fourth-order valence-electron chi connectivity index (χ4n) is 2.62. The first-order valence-electron chi connectivity index (χ1n) is 8.17. The van der Waals surface area contributed by atoms with Gasteiger partial charge in [0.05, 0.1) is 15.4 Å². The fourth-order valence-corrected chi connectivity index (χ4v) is 4.06. The Hall–Kier alpha value is -2.59. The predicted octanol–water partition coefficient (Wildman–Crippen LogP) is 4.30. The van der Waals surface area contributed by atoms with Crippen molar-refractivity contribution in [1.29, 1.82) is 0 Å². The Balaban J connectivity index is 1.73. The highest BCUT2D eigenvalue weighted by Gasteiger charge is 2.13. The molecule has 146 valence electrons. The third-order valence-electron chi connectivity index (χ3n) is 3.96. The van der Waals surface area contributed by atoms with Crippen molar-refractivity contribution < 1.29 is 14.0 Å². The van der Waals surface area contributed by atoms with E-state index >= 15 is 0 Å². The van der Waals surface area contributed by atoms with E-state index in [0.717, 1.165) is 10.4 Å². The molecule has 0 fully saturated rings. The molecule has 6 nitrogen and oxygen atoms in total. The summed E-state index contributed by atoms with van der Waals surface area (Å²) < 4.78 is 28.2. The highest BCUT2D eigenvalue weighted by molar-refractivity contribution is 9.10. The average Bonchev–Trinajstić information content (AvgIpc) is 3.05. The maximum atomic E-state index is 13.9. The predicted molar refractivity (Wildman–Crippen MR) is 109 cm³/mol. The Morgan fingerprint density at radius 1 is 1.25 bits per heavy atom. The van der Waals surface area contributed by atoms with Gasteiger partial charge in [0.1, 0.15) is 23.8 Å². The number of oxime groups is 1. The smallest absolute Gasteiger partial charge is 0.180 e. The van der Waals surface area contributed by atoms with E-state index in [1.165, 1.54) is 29.8 Å². The fraction of sp³-hybridized carbons (Fsp3) is 0.167. The van der Waals surface area contributed by atoms with E-state index in [1.54, 1.807) is 6.07 Å². The number of hydrogen-bond acceptors (Lipinski definition) is 6. The third-order valence-corrected chi connectivity index (χ3v) is 5.70. The number of hydrogen-bond donors (Lipinski definition) is 3. The van der Waals surface area contributed by atoms with Gasteiger partial charge in [0.25, 0.3) is 0 Å². The number of aromatic nitrogens is 2. The van der Waals surface area contributed by atoms with Crippen molar-refractivity contribution in [1.82, 2.24) is 9.97 Å². The van der Waals surface area contributed by atoms with Crippen LogP contribution in [0.2, 0.25) is 0 Å². The first-order chi connectivity index (χ1) is 13.4. The van der Waals surface area contributed by atoms with Crippen molar-refractivity contribution in [3.63, 3.8) is 0 Å². The SMILES string of the molecule is Cc1cc(-c2cc(NCCc3c(F)cc(Br)cc3F)ncn2)sc1/C(N)=N/O. The Kier molecular flexibility index (Phi) is 6.20. The lowest BCUT2D eigenvalue weighted by atomic mass is 10.1. The van der Waals surface area contributed by atoms with Crippen LogP contribution < -0.4 is 11.1 Å². The van der Waals surface area contributed by atoms with Gasteiger partial charge in [0, 0.05) is 22.6 Å². The topological polar surface area (TPSA) is 96.4 Å². The van der Waals surface area contributed by atoms with Crippen molar-refractivity contribution in [2.45, 2.75) is 13.3 Å². The van der Waals surface area contributed by atoms with Crippen LogP contribution in [0, 0.1) is 18.6 Å². The maximum absolute atomic E-state index is 13.9. The van der Waals surface area contributed by atoms with Gasteiger partial charge in [-0.3, -0.25) is 0 Å². The third kappa shape index (κ3) is 4.45. The lowest BCUT2D eigenvalue weighted by Gasteiger charge is -2.08. The molecule has 10 heteroatoms. The van der Waals surface area contributed by atoms with Crippen LogP contribution in [0.15, 0.2) is 40.2 Å². The standard InChI is InChI=1S/C18H16BrF2N5OS/c1-9-4-15(28-17(9)18(22)26-27)14-7-16(25-8-24-14)23-3-2-11-12(20)5-10(19)6-13(11)21/h4-8,27H,2-3H2,1H3,(H2,22,26)(H,23,24,25). The van der Waals surface area contributed by atoms with Gasteiger partial charge in [-0.15, -0.1) is 11.3 Å². The number of thiophene rings is 1. The van der Waals surface area contributed by atoms with Crippen LogP contribution in [0.4, 0.5) is 14.6 Å². The summed E-state index contributed by atoms with van der Waals surface area (Å²) in [5.74, 6) is -0.623. The number of nitrogens with zero attached hydrogens (tertiary/aromatic N) is 3. The van der Waals surface area contributed by atoms with Crippen LogP contribution in [-0.2, 0) is 6.42 Å². The summed E-state index contributed by atoms with van der Waals surface area (Å²) in [5.41, 5.74) is 7.21. The summed E-state index contributed by atoms with van der Waals surface area (Å²) in [6.45, 7) is 2.15. The van der Waals surface area contributed by atoms with E-state index in [1.807, 2.05) is 13.0 Å². The highest BCUT2D eigenvalue weighted by Crippen LogP contribution is 2.30. The van der Waals surface area contributed by atoms with Crippen LogP contribution in [0.3, 0.4) is 0 Å². The molecule has 0 saturated carbocycles. The number of nitrogens with two attached hydrogens (primary N) is 1. The zero-order valence-electron chi connectivity index (χ0n) is 14.7. The van der Waals surface area contributed by atoms with Crippen LogP contribution in [0.1, 0.15) is 16.0 Å². The minimum atomic E-state index is -0.596. The van der Waals surface area contributed by atoms with Crippen LogP contribution in [0.25, 0.3) is 10.6 Å². The van der Waals surface area contributed by atoms with Gasteiger partial charge in [-0.2, -0.15) is 0 Å². The number of nitrogens with one attached hydrogen (secondary N) is 1. The second-order valence-corrected chi connectivity index (χ2v) is 7.89. The first-order valence-corrected chi connectivity index (χ1v) is 9.78. The largest absolute Gasteiger partial charge is 0.409 e. The molecule has 2 aromatic heterocycles. The summed E-state index contributed by atoms with van der Waals surface area (Å²) in [6.07, 6.45) is 1.56. The van der Waals surface area contributed by atoms with Gasteiger partial charge >= 0.3 is 0 Å². The molecule has 0 unspecified atom stereocenters. The van der Waals surface area contributed by atoms with Gasteiger partial charge in [-0.05, 0) is 37.1 Å². The minimum Gasteiger partial charge on any atom is -0.409 e. The molecule has 0 radical (unpaired) electrons. The second-order valence-electron chi connectivity index (χ2n) is 5.92. The zero-order chi connectivity index (χ0) is 20.3. The Labute approximate surface area is 172 Å². The molecule has 0 amide bonds. The van der Waals surface area contributed by atoms with E-state index < -0.39 is 11.6 Å². The zero-order valence-corrected chi connectivity index (χ0v) is 17.1. The molecule has 0 aliphatic heterocycles. The minimum absolute atomic E-state index is 0.0160. The second kappa shape index (κ2) is 8.61. The van der Waals surface area contributed by atoms with Gasteiger partial charge in [-0.25, -0.2) is 18.7 Å². The Morgan fingerprint density at radius 2 is 1.96 bits per heavy atom. The number of benzene rings is 1. The van der Waals surface area contributed by atoms with Gasteiger partial charge in [-0.1, -0.05) is 21.1 Å². The lowest BCUT2D eigenvalue weighted by molar-refractivity contribution is 0.319. The average molecular weight is 468 g/mol. The molecule has 0 aliphatic carbocycles. The van der Waals surface area contributed by atoms with E-state index in [0.29, 0.717) is 27.4 Å². The molecule has 3 aromatic rings. The molecule has 1 aromatic carbocycles. The molecule has 0 aliphatic rings. The number of amidine groups is 1. The van der Waals surface area contributed by atoms with Crippen molar-refractivity contribution >= 4 is 38.9 Å². The van der Waals surface area contributed by atoms with Crippen molar-refractivity contribution in [2.75, 3.05) is 11.9 Å². The number of halogens is 3. The van der Waals surface area contributed by atoms with Gasteiger partial charge in [0.2, 0.25) is 0 Å². The summed E-state index contributed by atoms with van der Waals surface area (Å²) in [4.78, 5) is 9.87. The molecular formula is C18H16BrF2N5OS. The van der Waals surface area contributed by atoms with Crippen molar-refractivity contribution in [3.8, 4) is 10.6 Å². The summed E-state index contributed by atoms with van der Waals surface area (Å²) in [7, 11) is 0. The molecule has 3 rings (SSSR count). The van der Waals surface area contributed by atoms with Gasteiger partial charge < -0.3 is 16.3 Å². The summed E-state index contributed by atoms with van der Waals surface area (Å²) in [5, 5.41) is 14.9. The summed E-state index contributed by atoms with van der Waals surface area (Å²) >= 11 is 4.40. The number of rotatable bonds is 6. The maximum Gasteiger partial charge on any atom is 0.180 e. The van der Waals surface area contributed by atoms with Crippen LogP contribution in [-0.4, -0.2) is 27.6 Å². The van der Waals surface area contributed by atoms with Crippen molar-refractivity contribution in [3.05, 3.63) is 62.7 Å². The van der Waals surface area contributed by atoms with E-state index in [4.69, 9.17) is 10.9 Å². The molecule has 0 atom stereocenters. The Bertz CT molecular complexity index is 1020. The molecule has 0 bridgehead atoms. The van der Waals surface area contributed by atoms with E-state index in [9.17, 15) is 8.78 Å². The summed E-state index contributed by atoms with van der Waals surface area (Å²) in [6, 6.07) is 6.09. The number of aryl methyl sites for hydroxylation is 1. The molecular weight excluding hydrogens is 452 g/mol. The number of anilines is 1. The molecule has 28 heavy (non-hydrogen) atoms. The van der Waals surface area contributed by atoms with Crippen LogP contribution >= 0.6 is 27.3 Å². The normalized spacial score (nSPS) is 11.6. The molecule has 2 heterocycles. The Morgan fingerprint density at radius 3 is 2.64 bits per heavy atom. The molecule has 0 saturated heterocycles.